The molecular formula is C32H46F2OS. The summed E-state index contributed by atoms with van der Waals surface area (Å²) in [5.74, 6) is 2.98. The highest BCUT2D eigenvalue weighted by molar-refractivity contribution is 7.99. The predicted molar refractivity (Wildman–Crippen MR) is 152 cm³/mol. The van der Waals surface area contributed by atoms with E-state index < -0.39 is 11.6 Å². The topological polar surface area (TPSA) is 9.23 Å². The van der Waals surface area contributed by atoms with Crippen molar-refractivity contribution in [1.29, 1.82) is 0 Å². The third-order valence-electron chi connectivity index (χ3n) is 7.93. The van der Waals surface area contributed by atoms with Crippen LogP contribution in [0, 0.1) is 23.5 Å². The Labute approximate surface area is 222 Å². The molecule has 2 aromatic carbocycles. The second-order valence-electron chi connectivity index (χ2n) is 10.7. The molecule has 1 unspecified atom stereocenters. The summed E-state index contributed by atoms with van der Waals surface area (Å²) in [6, 6.07) is 11.3. The van der Waals surface area contributed by atoms with Crippen LogP contribution in [0.25, 0.3) is 11.1 Å². The van der Waals surface area contributed by atoms with Gasteiger partial charge in [0.2, 0.25) is 5.82 Å². The molecule has 0 heterocycles. The first-order valence-corrected chi connectivity index (χ1v) is 15.5. The molecule has 1 nitrogen and oxygen atoms in total. The highest BCUT2D eigenvalue weighted by atomic mass is 32.2. The number of hydrogen-bond donors (Lipinski definition) is 0. The number of thioether (sulfide) groups is 1. The quantitative estimate of drug-likeness (QED) is 0.218. The van der Waals surface area contributed by atoms with Crippen LogP contribution in [0.4, 0.5) is 8.78 Å². The van der Waals surface area contributed by atoms with Gasteiger partial charge in [-0.2, -0.15) is 16.2 Å². The zero-order valence-electron chi connectivity index (χ0n) is 22.7. The molecule has 0 aliphatic heterocycles. The molecule has 3 rings (SSSR count). The Morgan fingerprint density at radius 1 is 0.889 bits per heavy atom. The van der Waals surface area contributed by atoms with Gasteiger partial charge in [-0.3, -0.25) is 0 Å². The van der Waals surface area contributed by atoms with Crippen LogP contribution < -0.4 is 4.74 Å². The number of benzene rings is 2. The van der Waals surface area contributed by atoms with Gasteiger partial charge in [-0.05, 0) is 104 Å². The Morgan fingerprint density at radius 3 is 2.33 bits per heavy atom. The molecule has 1 atom stereocenters. The molecule has 0 saturated heterocycles. The number of unbranched alkanes of at least 4 members (excludes halogenated alkanes) is 2. The molecule has 0 N–H and O–H groups in total. The number of ether oxygens (including phenoxy) is 1. The maximum atomic E-state index is 14.9. The molecule has 2 aromatic rings. The van der Waals surface area contributed by atoms with Gasteiger partial charge in [-0.25, -0.2) is 4.39 Å². The van der Waals surface area contributed by atoms with Crippen LogP contribution in [0.5, 0.6) is 5.75 Å². The van der Waals surface area contributed by atoms with Crippen molar-refractivity contribution < 1.29 is 13.5 Å². The minimum absolute atomic E-state index is 0.0136. The summed E-state index contributed by atoms with van der Waals surface area (Å²) in [6.45, 7) is 7.24. The van der Waals surface area contributed by atoms with Crippen LogP contribution >= 0.6 is 11.8 Å². The monoisotopic (exact) mass is 516 g/mol. The van der Waals surface area contributed by atoms with E-state index >= 15 is 0 Å². The molecular weight excluding hydrogens is 470 g/mol. The van der Waals surface area contributed by atoms with Gasteiger partial charge >= 0.3 is 0 Å². The number of rotatable bonds is 15. The van der Waals surface area contributed by atoms with Crippen LogP contribution in [-0.4, -0.2) is 18.1 Å². The minimum Gasteiger partial charge on any atom is -0.490 e. The highest BCUT2D eigenvalue weighted by Gasteiger charge is 2.22. The lowest BCUT2D eigenvalue weighted by Gasteiger charge is -2.28. The Hall–Kier alpha value is -1.55. The number of hydrogen-bond acceptors (Lipinski definition) is 2. The summed E-state index contributed by atoms with van der Waals surface area (Å²) in [5, 5.41) is 0. The van der Waals surface area contributed by atoms with Crippen molar-refractivity contribution >= 4 is 11.8 Å². The first-order chi connectivity index (χ1) is 17.5. The van der Waals surface area contributed by atoms with Gasteiger partial charge in [-0.15, -0.1) is 0 Å². The van der Waals surface area contributed by atoms with Crippen molar-refractivity contribution in [2.75, 3.05) is 18.1 Å². The van der Waals surface area contributed by atoms with E-state index in [1.165, 1.54) is 62.7 Å². The molecule has 1 aliphatic rings. The molecule has 1 fully saturated rings. The predicted octanol–water partition coefficient (Wildman–Crippen LogP) is 10.4. The van der Waals surface area contributed by atoms with E-state index in [4.69, 9.17) is 4.74 Å². The molecule has 4 heteroatoms. The summed E-state index contributed by atoms with van der Waals surface area (Å²) in [4.78, 5) is 0. The summed E-state index contributed by atoms with van der Waals surface area (Å²) >= 11 is 2.02. The summed E-state index contributed by atoms with van der Waals surface area (Å²) in [7, 11) is 0. The van der Waals surface area contributed by atoms with Crippen LogP contribution in [0.1, 0.15) is 103 Å². The summed E-state index contributed by atoms with van der Waals surface area (Å²) in [6.07, 6.45) is 13.3. The molecule has 36 heavy (non-hydrogen) atoms. The Balaban J connectivity index is 1.43. The van der Waals surface area contributed by atoms with Crippen molar-refractivity contribution in [1.82, 2.24) is 0 Å². The molecule has 1 aliphatic carbocycles. The van der Waals surface area contributed by atoms with Crippen LogP contribution in [0.2, 0.25) is 0 Å². The van der Waals surface area contributed by atoms with E-state index in [0.717, 1.165) is 36.9 Å². The van der Waals surface area contributed by atoms with E-state index in [1.807, 2.05) is 23.9 Å². The maximum absolute atomic E-state index is 14.9. The van der Waals surface area contributed by atoms with E-state index in [-0.39, 0.29) is 5.75 Å². The van der Waals surface area contributed by atoms with Gasteiger partial charge in [0.05, 0.1) is 6.61 Å². The Morgan fingerprint density at radius 2 is 1.64 bits per heavy atom. The summed E-state index contributed by atoms with van der Waals surface area (Å²) in [5.41, 5.74) is 2.34. The molecule has 0 bridgehead atoms. The molecule has 200 valence electrons. The van der Waals surface area contributed by atoms with E-state index in [9.17, 15) is 8.78 Å². The Bertz CT molecular complexity index is 890. The van der Waals surface area contributed by atoms with Gasteiger partial charge in [0.1, 0.15) is 0 Å². The lowest BCUT2D eigenvalue weighted by molar-refractivity contribution is 0.286. The summed E-state index contributed by atoms with van der Waals surface area (Å²) < 4.78 is 35.2. The second-order valence-corrected chi connectivity index (χ2v) is 11.9. The normalized spacial score (nSPS) is 18.8. The Kier molecular flexibility index (Phi) is 12.6. The van der Waals surface area contributed by atoms with Gasteiger partial charge in [-0.1, -0.05) is 64.3 Å². The SMILES string of the molecule is CCCC1CCC(c2ccc(-c3ccc(OCCCCCSCCC(C)CC)c(F)c3F)cc2)CC1. The van der Waals surface area contributed by atoms with Crippen LogP contribution in [0.15, 0.2) is 36.4 Å². The third-order valence-corrected chi connectivity index (χ3v) is 9.03. The molecule has 1 saturated carbocycles. The minimum atomic E-state index is -0.883. The van der Waals surface area contributed by atoms with Crippen molar-refractivity contribution in [2.45, 2.75) is 97.3 Å². The lowest BCUT2D eigenvalue weighted by atomic mass is 9.77. The van der Waals surface area contributed by atoms with Crippen molar-refractivity contribution in [3.05, 3.63) is 53.6 Å². The van der Waals surface area contributed by atoms with Gasteiger partial charge < -0.3 is 4.74 Å². The average molecular weight is 517 g/mol. The molecule has 0 radical (unpaired) electrons. The first-order valence-electron chi connectivity index (χ1n) is 14.3. The third kappa shape index (κ3) is 8.78. The van der Waals surface area contributed by atoms with Crippen LogP contribution in [-0.2, 0) is 0 Å². The molecule has 0 amide bonds. The van der Waals surface area contributed by atoms with E-state index in [1.54, 1.807) is 12.1 Å². The zero-order chi connectivity index (χ0) is 25.8. The van der Waals surface area contributed by atoms with Gasteiger partial charge in [0.25, 0.3) is 0 Å². The lowest BCUT2D eigenvalue weighted by Crippen LogP contribution is -2.13. The fourth-order valence-electron chi connectivity index (χ4n) is 5.25. The van der Waals surface area contributed by atoms with Crippen molar-refractivity contribution in [2.24, 2.45) is 11.8 Å². The van der Waals surface area contributed by atoms with Gasteiger partial charge in [0.15, 0.2) is 11.6 Å². The smallest absolute Gasteiger partial charge is 0.201 e. The molecule has 0 spiro atoms. The standard InChI is InChI=1S/C32H46F2OS/c1-4-9-25-10-12-26(13-11-25)27-14-16-28(17-15-27)29-18-19-30(32(34)31(29)33)35-21-7-6-8-22-36-23-20-24(3)5-2/h14-19,24-26H,4-13,20-23H2,1-3H3. The largest absolute Gasteiger partial charge is 0.490 e. The van der Waals surface area contributed by atoms with Gasteiger partial charge in [0, 0.05) is 5.56 Å². The maximum Gasteiger partial charge on any atom is 0.201 e. The highest BCUT2D eigenvalue weighted by Crippen LogP contribution is 2.38. The second kappa shape index (κ2) is 15.6. The van der Waals surface area contributed by atoms with Crippen LogP contribution in [0.3, 0.4) is 0 Å². The van der Waals surface area contributed by atoms with Crippen molar-refractivity contribution in [3.63, 3.8) is 0 Å². The first kappa shape index (κ1) is 29.0. The fourth-order valence-corrected chi connectivity index (χ4v) is 6.43. The fraction of sp³-hybridized carbons (Fsp3) is 0.625. The van der Waals surface area contributed by atoms with E-state index in [0.29, 0.717) is 23.7 Å². The number of halogens is 2. The molecule has 0 aromatic heterocycles. The average Bonchev–Trinajstić information content (AvgIpc) is 2.90. The van der Waals surface area contributed by atoms with Crippen molar-refractivity contribution in [3.8, 4) is 16.9 Å². The van der Waals surface area contributed by atoms with E-state index in [2.05, 4.69) is 32.9 Å². The zero-order valence-corrected chi connectivity index (χ0v) is 23.5.